The third kappa shape index (κ3) is 27.7. The SMILES string of the molecule is C=CC(=O)OC.FB(F)F. The molecule has 0 aliphatic heterocycles. The van der Waals surface area contributed by atoms with Gasteiger partial charge in [0.2, 0.25) is 0 Å². The molecule has 0 spiro atoms. The van der Waals surface area contributed by atoms with E-state index in [4.69, 9.17) is 0 Å². The summed E-state index contributed by atoms with van der Waals surface area (Å²) in [5.41, 5.74) is 0. The number of esters is 1. The molecule has 0 aromatic rings. The first-order valence-corrected chi connectivity index (χ1v) is 2.17. The van der Waals surface area contributed by atoms with Gasteiger partial charge in [-0.25, -0.2) is 4.79 Å². The van der Waals surface area contributed by atoms with Crippen molar-refractivity contribution >= 4 is 13.5 Å². The lowest BCUT2D eigenvalue weighted by molar-refractivity contribution is -0.134. The molecule has 0 atom stereocenters. The van der Waals surface area contributed by atoms with Crippen molar-refractivity contribution in [2.75, 3.05) is 7.11 Å². The van der Waals surface area contributed by atoms with E-state index >= 15 is 0 Å². The number of carbonyl (C=O) groups excluding carboxylic acids is 1. The Morgan fingerprint density at radius 1 is 1.60 bits per heavy atom. The maximum atomic E-state index is 9.84. The van der Waals surface area contributed by atoms with E-state index in [1.165, 1.54) is 7.11 Å². The van der Waals surface area contributed by atoms with Gasteiger partial charge >= 0.3 is 13.5 Å². The number of hydrogen-bond acceptors (Lipinski definition) is 2. The maximum Gasteiger partial charge on any atom is 0.762 e. The molecule has 6 heteroatoms. The fourth-order valence-corrected chi connectivity index (χ4v) is 0.0833. The van der Waals surface area contributed by atoms with Crippen LogP contribution in [-0.4, -0.2) is 20.6 Å². The van der Waals surface area contributed by atoms with Crippen molar-refractivity contribution in [2.45, 2.75) is 0 Å². The molecule has 0 amide bonds. The zero-order valence-electron chi connectivity index (χ0n) is 5.31. The van der Waals surface area contributed by atoms with Crippen LogP contribution in [0, 0.1) is 0 Å². The van der Waals surface area contributed by atoms with Crippen LogP contribution in [0.5, 0.6) is 0 Å². The number of carbonyl (C=O) groups is 1. The molecule has 0 unspecified atom stereocenters. The number of methoxy groups -OCH3 is 1. The van der Waals surface area contributed by atoms with Crippen molar-refractivity contribution < 1.29 is 22.5 Å². The molecule has 0 rings (SSSR count). The first kappa shape index (κ1) is 11.8. The number of ether oxygens (including phenoxy) is 1. The lowest BCUT2D eigenvalue weighted by atomic mass is 10.5. The topological polar surface area (TPSA) is 26.3 Å². The summed E-state index contributed by atoms with van der Waals surface area (Å²) < 4.78 is 33.1. The van der Waals surface area contributed by atoms with Gasteiger partial charge < -0.3 is 4.74 Å². The molecular weight excluding hydrogens is 148 g/mol. The summed E-state index contributed by atoms with van der Waals surface area (Å²) in [7, 11) is -2.36. The van der Waals surface area contributed by atoms with Gasteiger partial charge in [0.1, 0.15) is 0 Å². The van der Waals surface area contributed by atoms with Crippen LogP contribution in [0.2, 0.25) is 0 Å². The molecular formula is C4H6BF3O2. The van der Waals surface area contributed by atoms with Crippen LogP contribution in [0.25, 0.3) is 0 Å². The van der Waals surface area contributed by atoms with Gasteiger partial charge in [-0.2, -0.15) is 0 Å². The van der Waals surface area contributed by atoms with Crippen LogP contribution >= 0.6 is 0 Å². The molecule has 58 valence electrons. The van der Waals surface area contributed by atoms with E-state index in [2.05, 4.69) is 11.3 Å². The Hall–Kier alpha value is -0.935. The molecule has 0 saturated carbocycles. The second-order valence-electron chi connectivity index (χ2n) is 0.975. The highest BCUT2D eigenvalue weighted by molar-refractivity contribution is 6.33. The van der Waals surface area contributed by atoms with Gasteiger partial charge in [-0.15, -0.1) is 0 Å². The molecule has 0 fully saturated rings. The van der Waals surface area contributed by atoms with Gasteiger partial charge in [0, 0.05) is 6.08 Å². The van der Waals surface area contributed by atoms with E-state index in [1.54, 1.807) is 0 Å². The highest BCUT2D eigenvalue weighted by atomic mass is 19.4. The van der Waals surface area contributed by atoms with Crippen molar-refractivity contribution in [1.29, 1.82) is 0 Å². The summed E-state index contributed by atoms with van der Waals surface area (Å²) in [4.78, 5) is 9.84. The molecule has 0 aromatic carbocycles. The second-order valence-corrected chi connectivity index (χ2v) is 0.975. The average Bonchev–Trinajstić information content (AvgIpc) is 1.85. The number of hydrogen-bond donors (Lipinski definition) is 0. The van der Waals surface area contributed by atoms with E-state index in [-0.39, 0.29) is 0 Å². The Kier molecular flexibility index (Phi) is 9.53. The summed E-state index contributed by atoms with van der Waals surface area (Å²) in [5.74, 6) is -0.394. The van der Waals surface area contributed by atoms with Gasteiger partial charge in [0.15, 0.2) is 0 Å². The van der Waals surface area contributed by atoms with Gasteiger partial charge in [0.25, 0.3) is 0 Å². The monoisotopic (exact) mass is 154 g/mol. The smallest absolute Gasteiger partial charge is 0.466 e. The van der Waals surface area contributed by atoms with E-state index in [0.29, 0.717) is 0 Å². The largest absolute Gasteiger partial charge is 0.762 e. The fourth-order valence-electron chi connectivity index (χ4n) is 0.0833. The predicted octanol–water partition coefficient (Wildman–Crippen LogP) is 1.23. The van der Waals surface area contributed by atoms with Crippen molar-refractivity contribution in [2.24, 2.45) is 0 Å². The summed E-state index contributed by atoms with van der Waals surface area (Å²) in [5, 5.41) is 0. The van der Waals surface area contributed by atoms with E-state index in [1.807, 2.05) is 0 Å². The minimum absolute atomic E-state index is 0.394. The molecule has 10 heavy (non-hydrogen) atoms. The van der Waals surface area contributed by atoms with Crippen LogP contribution in [0.15, 0.2) is 12.7 Å². The molecule has 0 aromatic heterocycles. The molecule has 2 nitrogen and oxygen atoms in total. The minimum atomic E-state index is -3.67. The standard InChI is InChI=1S/C4H6O2.BF3/c1-3-4(5)6-2;2-1(3)4/h3H,1H2,2H3;. The van der Waals surface area contributed by atoms with Crippen LogP contribution < -0.4 is 0 Å². The summed E-state index contributed by atoms with van der Waals surface area (Å²) in [6.07, 6.45) is 1.11. The zero-order chi connectivity index (χ0) is 8.57. The minimum Gasteiger partial charge on any atom is -0.466 e. The van der Waals surface area contributed by atoms with Gasteiger partial charge in [-0.1, -0.05) is 6.58 Å². The van der Waals surface area contributed by atoms with Crippen molar-refractivity contribution in [3.63, 3.8) is 0 Å². The Labute approximate surface area is 56.9 Å². The lowest BCUT2D eigenvalue weighted by Crippen LogP contribution is -1.91. The number of halogens is 3. The van der Waals surface area contributed by atoms with Gasteiger partial charge in [-0.05, 0) is 0 Å². The Bertz CT molecular complexity index is 104. The summed E-state index contributed by atoms with van der Waals surface area (Å²) >= 11 is 0. The Morgan fingerprint density at radius 2 is 1.90 bits per heavy atom. The quantitative estimate of drug-likeness (QED) is 0.322. The highest BCUT2D eigenvalue weighted by Crippen LogP contribution is 1.80. The third-order valence-electron chi connectivity index (χ3n) is 0.368. The highest BCUT2D eigenvalue weighted by Gasteiger charge is 2.06. The first-order chi connectivity index (χ1) is 4.54. The molecule has 0 N–H and O–H groups in total. The van der Waals surface area contributed by atoms with E-state index < -0.39 is 13.5 Å². The predicted molar refractivity (Wildman–Crippen MR) is 31.3 cm³/mol. The first-order valence-electron chi connectivity index (χ1n) is 2.17. The van der Waals surface area contributed by atoms with Crippen LogP contribution in [0.4, 0.5) is 12.9 Å². The molecule has 0 aliphatic carbocycles. The third-order valence-corrected chi connectivity index (χ3v) is 0.368. The summed E-state index contributed by atoms with van der Waals surface area (Å²) in [6.45, 7) is 3.16. The lowest BCUT2D eigenvalue weighted by Gasteiger charge is -1.83. The van der Waals surface area contributed by atoms with Crippen LogP contribution in [0.1, 0.15) is 0 Å². The molecule has 0 radical (unpaired) electrons. The molecule has 0 heterocycles. The summed E-state index contributed by atoms with van der Waals surface area (Å²) in [6, 6.07) is 0. The maximum absolute atomic E-state index is 9.84. The van der Waals surface area contributed by atoms with Crippen molar-refractivity contribution in [1.82, 2.24) is 0 Å². The van der Waals surface area contributed by atoms with Crippen molar-refractivity contribution in [3.8, 4) is 0 Å². The van der Waals surface area contributed by atoms with Crippen molar-refractivity contribution in [3.05, 3.63) is 12.7 Å². The fraction of sp³-hybridized carbons (Fsp3) is 0.250. The van der Waals surface area contributed by atoms with Gasteiger partial charge in [0.05, 0.1) is 7.11 Å². The molecule has 0 aliphatic rings. The average molecular weight is 154 g/mol. The molecule has 0 bridgehead atoms. The Morgan fingerprint density at radius 3 is 1.90 bits per heavy atom. The Balaban J connectivity index is 0. The van der Waals surface area contributed by atoms with E-state index in [9.17, 15) is 17.7 Å². The van der Waals surface area contributed by atoms with Crippen LogP contribution in [-0.2, 0) is 9.53 Å². The normalized spacial score (nSPS) is 6.80. The van der Waals surface area contributed by atoms with Crippen LogP contribution in [0.3, 0.4) is 0 Å². The molecule has 0 saturated heterocycles. The van der Waals surface area contributed by atoms with Gasteiger partial charge in [-0.3, -0.25) is 12.9 Å². The van der Waals surface area contributed by atoms with E-state index in [0.717, 1.165) is 6.08 Å². The zero-order valence-corrected chi connectivity index (χ0v) is 5.31. The second kappa shape index (κ2) is 8.06. The number of rotatable bonds is 1.